The monoisotopic (exact) mass is 108 g/mol. The van der Waals surface area contributed by atoms with Gasteiger partial charge >= 0.3 is 0 Å². The van der Waals surface area contributed by atoms with Crippen LogP contribution >= 0.6 is 0 Å². The Morgan fingerprint density at radius 1 is 1.38 bits per heavy atom. The van der Waals surface area contributed by atoms with Crippen molar-refractivity contribution in [1.82, 2.24) is 0 Å². The lowest BCUT2D eigenvalue weighted by molar-refractivity contribution is -0.114. The Labute approximate surface area is 48.7 Å². The molecule has 0 saturated carbocycles. The van der Waals surface area contributed by atoms with E-state index in [4.69, 9.17) is 0 Å². The van der Waals surface area contributed by atoms with E-state index in [0.29, 0.717) is 6.42 Å². The molecule has 1 nitrogen and oxygen atoms in total. The molecule has 1 aliphatic carbocycles. The van der Waals surface area contributed by atoms with E-state index in [2.05, 4.69) is 6.58 Å². The van der Waals surface area contributed by atoms with Crippen molar-refractivity contribution in [3.8, 4) is 0 Å². The molecule has 0 aromatic carbocycles. The summed E-state index contributed by atoms with van der Waals surface area (Å²) in [4.78, 5) is 10.5. The van der Waals surface area contributed by atoms with Crippen molar-refractivity contribution < 1.29 is 4.79 Å². The molecule has 0 unspecified atom stereocenters. The third-order valence-corrected chi connectivity index (χ3v) is 1.20. The van der Waals surface area contributed by atoms with E-state index < -0.39 is 0 Å². The summed E-state index contributed by atoms with van der Waals surface area (Å²) in [5.41, 5.74) is 1.06. The van der Waals surface area contributed by atoms with E-state index in [1.807, 2.05) is 0 Å². The molecule has 0 radical (unpaired) electrons. The van der Waals surface area contributed by atoms with Gasteiger partial charge in [0.25, 0.3) is 0 Å². The Morgan fingerprint density at radius 2 is 2.12 bits per heavy atom. The number of hydrogen-bond donors (Lipinski definition) is 0. The lowest BCUT2D eigenvalue weighted by atomic mass is 10.0. The first-order chi connectivity index (χ1) is 3.79. The molecule has 0 saturated heterocycles. The third-order valence-electron chi connectivity index (χ3n) is 1.20. The smallest absolute Gasteiger partial charge is 0.156 e. The van der Waals surface area contributed by atoms with Crippen LogP contribution in [0.5, 0.6) is 0 Å². The van der Waals surface area contributed by atoms with Crippen molar-refractivity contribution in [1.29, 1.82) is 0 Å². The van der Waals surface area contributed by atoms with E-state index in [9.17, 15) is 4.79 Å². The lowest BCUT2D eigenvalue weighted by Gasteiger charge is -2.01. The number of allylic oxidation sites excluding steroid dienone is 3. The van der Waals surface area contributed by atoms with Crippen LogP contribution in [-0.2, 0) is 4.79 Å². The summed E-state index contributed by atoms with van der Waals surface area (Å²) in [6.07, 6.45) is 4.86. The predicted molar refractivity (Wildman–Crippen MR) is 32.5 cm³/mol. The van der Waals surface area contributed by atoms with Crippen molar-refractivity contribution in [2.45, 2.75) is 12.8 Å². The van der Waals surface area contributed by atoms with Gasteiger partial charge in [0.05, 0.1) is 0 Å². The van der Waals surface area contributed by atoms with Gasteiger partial charge in [-0.05, 0) is 12.5 Å². The number of carbonyl (C=O) groups is 1. The average Bonchev–Trinajstić information content (AvgIpc) is 1.77. The number of hydrogen-bond acceptors (Lipinski definition) is 1. The summed E-state index contributed by atoms with van der Waals surface area (Å²) in [6, 6.07) is 0. The Bertz CT molecular complexity index is 136. The second-order valence-corrected chi connectivity index (χ2v) is 1.96. The third kappa shape index (κ3) is 1.06. The zero-order chi connectivity index (χ0) is 5.98. The minimum Gasteiger partial charge on any atom is -0.295 e. The molecule has 1 rings (SSSR count). The number of rotatable bonds is 0. The van der Waals surface area contributed by atoms with Crippen LogP contribution in [0.3, 0.4) is 0 Å². The Morgan fingerprint density at radius 3 is 2.50 bits per heavy atom. The van der Waals surface area contributed by atoms with Crippen LogP contribution in [0.15, 0.2) is 24.3 Å². The Hall–Kier alpha value is -0.850. The van der Waals surface area contributed by atoms with Gasteiger partial charge < -0.3 is 0 Å². The van der Waals surface area contributed by atoms with Crippen molar-refractivity contribution in [2.24, 2.45) is 0 Å². The van der Waals surface area contributed by atoms with Gasteiger partial charge in [0.1, 0.15) is 0 Å². The van der Waals surface area contributed by atoms with E-state index in [1.54, 1.807) is 12.2 Å². The standard InChI is InChI=1S/C7H8O/c1-6-2-4-7(8)5-3-6/h2,4H,1,3,5H2. The van der Waals surface area contributed by atoms with E-state index in [0.717, 1.165) is 12.0 Å². The molecular formula is C7H8O. The van der Waals surface area contributed by atoms with Crippen LogP contribution in [-0.4, -0.2) is 5.78 Å². The topological polar surface area (TPSA) is 17.1 Å². The SMILES string of the molecule is C=C1C=CC(=O)CC1. The van der Waals surface area contributed by atoms with Crippen molar-refractivity contribution in [2.75, 3.05) is 0 Å². The molecule has 8 heavy (non-hydrogen) atoms. The quantitative estimate of drug-likeness (QED) is 0.459. The summed E-state index contributed by atoms with van der Waals surface area (Å²) in [7, 11) is 0. The fraction of sp³-hybridized carbons (Fsp3) is 0.286. The maximum Gasteiger partial charge on any atom is 0.156 e. The highest BCUT2D eigenvalue weighted by Gasteiger charge is 2.02. The molecule has 1 heteroatoms. The van der Waals surface area contributed by atoms with Crippen molar-refractivity contribution >= 4 is 5.78 Å². The van der Waals surface area contributed by atoms with Crippen LogP contribution in [0.4, 0.5) is 0 Å². The molecule has 0 aliphatic heterocycles. The molecule has 0 aromatic rings. The molecule has 1 aliphatic rings. The van der Waals surface area contributed by atoms with Gasteiger partial charge in [0.2, 0.25) is 0 Å². The first-order valence-electron chi connectivity index (χ1n) is 2.68. The highest BCUT2D eigenvalue weighted by molar-refractivity contribution is 5.91. The maximum absolute atomic E-state index is 10.5. The summed E-state index contributed by atoms with van der Waals surface area (Å²) < 4.78 is 0. The van der Waals surface area contributed by atoms with Gasteiger partial charge in [-0.2, -0.15) is 0 Å². The van der Waals surface area contributed by atoms with Crippen LogP contribution in [0.2, 0.25) is 0 Å². The fourth-order valence-corrected chi connectivity index (χ4v) is 0.661. The highest BCUT2D eigenvalue weighted by Crippen LogP contribution is 2.10. The fourth-order valence-electron chi connectivity index (χ4n) is 0.661. The van der Waals surface area contributed by atoms with Gasteiger partial charge in [-0.3, -0.25) is 4.79 Å². The maximum atomic E-state index is 10.5. The molecule has 42 valence electrons. The summed E-state index contributed by atoms with van der Waals surface area (Å²) >= 11 is 0. The minimum atomic E-state index is 0.220. The summed E-state index contributed by atoms with van der Waals surface area (Å²) in [5.74, 6) is 0.220. The van der Waals surface area contributed by atoms with Gasteiger partial charge in [-0.15, -0.1) is 0 Å². The molecule has 0 bridgehead atoms. The average molecular weight is 108 g/mol. The molecule has 0 N–H and O–H groups in total. The van der Waals surface area contributed by atoms with Crippen LogP contribution in [0.25, 0.3) is 0 Å². The van der Waals surface area contributed by atoms with Crippen molar-refractivity contribution in [3.63, 3.8) is 0 Å². The largest absolute Gasteiger partial charge is 0.295 e. The Balaban J connectivity index is 2.68. The van der Waals surface area contributed by atoms with Crippen molar-refractivity contribution in [3.05, 3.63) is 24.3 Å². The zero-order valence-electron chi connectivity index (χ0n) is 4.68. The molecule has 0 heterocycles. The highest BCUT2D eigenvalue weighted by atomic mass is 16.1. The second kappa shape index (κ2) is 1.95. The minimum absolute atomic E-state index is 0.220. The van der Waals surface area contributed by atoms with Crippen LogP contribution in [0.1, 0.15) is 12.8 Å². The first kappa shape index (κ1) is 5.29. The first-order valence-corrected chi connectivity index (χ1v) is 2.68. The number of carbonyl (C=O) groups excluding carboxylic acids is 1. The van der Waals surface area contributed by atoms with Gasteiger partial charge in [0, 0.05) is 6.42 Å². The van der Waals surface area contributed by atoms with Gasteiger partial charge in [0.15, 0.2) is 5.78 Å². The summed E-state index contributed by atoms with van der Waals surface area (Å²) in [5, 5.41) is 0. The van der Waals surface area contributed by atoms with E-state index in [1.165, 1.54) is 0 Å². The molecular weight excluding hydrogens is 100 g/mol. The zero-order valence-corrected chi connectivity index (χ0v) is 4.68. The molecule has 0 fully saturated rings. The van der Waals surface area contributed by atoms with Gasteiger partial charge in [-0.25, -0.2) is 0 Å². The van der Waals surface area contributed by atoms with E-state index in [-0.39, 0.29) is 5.78 Å². The van der Waals surface area contributed by atoms with E-state index >= 15 is 0 Å². The van der Waals surface area contributed by atoms with Gasteiger partial charge in [-0.1, -0.05) is 18.2 Å². The molecule has 0 atom stereocenters. The van der Waals surface area contributed by atoms with Crippen LogP contribution < -0.4 is 0 Å². The normalized spacial score (nSPS) is 19.5. The predicted octanol–water partition coefficient (Wildman–Crippen LogP) is 1.46. The lowest BCUT2D eigenvalue weighted by Crippen LogP contribution is -1.97. The number of ketones is 1. The Kier molecular flexibility index (Phi) is 1.29. The molecule has 0 aromatic heterocycles. The molecule has 0 spiro atoms. The van der Waals surface area contributed by atoms with Crippen LogP contribution in [0, 0.1) is 0 Å². The second-order valence-electron chi connectivity index (χ2n) is 1.96. The molecule has 0 amide bonds. The summed E-state index contributed by atoms with van der Waals surface area (Å²) in [6.45, 7) is 3.71.